The molecule has 1 N–H and O–H groups in total. The summed E-state index contributed by atoms with van der Waals surface area (Å²) in [6.07, 6.45) is 3.20. The van der Waals surface area contributed by atoms with Crippen molar-refractivity contribution in [3.05, 3.63) is 101 Å². The summed E-state index contributed by atoms with van der Waals surface area (Å²) >= 11 is 0. The van der Waals surface area contributed by atoms with E-state index in [1.807, 2.05) is 0 Å². The van der Waals surface area contributed by atoms with E-state index in [1.165, 1.54) is 24.1 Å². The summed E-state index contributed by atoms with van der Waals surface area (Å²) in [4.78, 5) is 31.5. The average Bonchev–Trinajstić information content (AvgIpc) is 3.06. The fourth-order valence-corrected chi connectivity index (χ4v) is 3.78. The number of carbonyl (C=O) groups is 2. The van der Waals surface area contributed by atoms with Gasteiger partial charge in [0.2, 0.25) is 0 Å². The number of ether oxygens (including phenoxy) is 1. The van der Waals surface area contributed by atoms with E-state index in [2.05, 4.69) is 4.98 Å². The number of ketones is 1. The molecule has 0 radical (unpaired) electrons. The molecule has 2 aromatic carbocycles. The molecule has 1 amide bonds. The maximum atomic E-state index is 14.2. The van der Waals surface area contributed by atoms with Crippen LogP contribution in [0.3, 0.4) is 0 Å². The summed E-state index contributed by atoms with van der Waals surface area (Å²) in [5.41, 5.74) is 1.80. The number of aryl methyl sites for hydroxylation is 1. The number of benzene rings is 2. The van der Waals surface area contributed by atoms with Gasteiger partial charge in [-0.25, -0.2) is 4.39 Å². The normalized spacial score (nSPS) is 17.6. The van der Waals surface area contributed by atoms with Crippen molar-refractivity contribution in [2.45, 2.75) is 19.5 Å². The molecule has 0 aliphatic carbocycles. The highest BCUT2D eigenvalue weighted by Gasteiger charge is 2.46. The molecule has 1 unspecified atom stereocenters. The highest BCUT2D eigenvalue weighted by molar-refractivity contribution is 6.46. The maximum Gasteiger partial charge on any atom is 0.295 e. The number of hydrogen-bond donors (Lipinski definition) is 1. The number of likely N-dealkylation sites (tertiary alicyclic amines) is 1. The van der Waals surface area contributed by atoms with Crippen molar-refractivity contribution in [3.63, 3.8) is 0 Å². The van der Waals surface area contributed by atoms with Crippen molar-refractivity contribution < 1.29 is 23.8 Å². The molecule has 1 saturated heterocycles. The summed E-state index contributed by atoms with van der Waals surface area (Å²) in [7, 11) is 1.52. The molecule has 0 spiro atoms. The molecule has 1 fully saturated rings. The number of amides is 1. The average molecular weight is 432 g/mol. The van der Waals surface area contributed by atoms with Crippen LogP contribution in [0.1, 0.15) is 28.3 Å². The summed E-state index contributed by atoms with van der Waals surface area (Å²) in [6.45, 7) is 1.73. The summed E-state index contributed by atoms with van der Waals surface area (Å²) in [5, 5.41) is 11.0. The van der Waals surface area contributed by atoms with Crippen LogP contribution in [-0.2, 0) is 16.1 Å². The van der Waals surface area contributed by atoms with Gasteiger partial charge in [0, 0.05) is 24.5 Å². The molecule has 1 aliphatic rings. The van der Waals surface area contributed by atoms with Crippen LogP contribution < -0.4 is 4.74 Å². The molecule has 0 bridgehead atoms. The van der Waals surface area contributed by atoms with Gasteiger partial charge in [-0.1, -0.05) is 24.3 Å². The minimum atomic E-state index is -0.873. The Hall–Kier alpha value is -4.00. The summed E-state index contributed by atoms with van der Waals surface area (Å²) in [5.74, 6) is -1.97. The van der Waals surface area contributed by atoms with Crippen molar-refractivity contribution in [3.8, 4) is 5.75 Å². The van der Waals surface area contributed by atoms with Crippen molar-refractivity contribution in [1.82, 2.24) is 9.88 Å². The van der Waals surface area contributed by atoms with E-state index < -0.39 is 29.3 Å². The highest BCUT2D eigenvalue weighted by atomic mass is 19.1. The lowest BCUT2D eigenvalue weighted by atomic mass is 9.94. The largest absolute Gasteiger partial charge is 0.507 e. The van der Waals surface area contributed by atoms with E-state index in [9.17, 15) is 19.1 Å². The third kappa shape index (κ3) is 3.85. The Kier molecular flexibility index (Phi) is 5.73. The Bertz CT molecular complexity index is 1220. The zero-order valence-corrected chi connectivity index (χ0v) is 17.6. The molecule has 32 heavy (non-hydrogen) atoms. The van der Waals surface area contributed by atoms with E-state index in [4.69, 9.17) is 4.74 Å². The lowest BCUT2D eigenvalue weighted by molar-refractivity contribution is -0.140. The molecule has 3 aromatic rings. The van der Waals surface area contributed by atoms with Crippen LogP contribution in [0.25, 0.3) is 5.76 Å². The minimum absolute atomic E-state index is 0.0967. The number of pyridine rings is 1. The smallest absolute Gasteiger partial charge is 0.295 e. The van der Waals surface area contributed by atoms with Gasteiger partial charge >= 0.3 is 0 Å². The zero-order valence-electron chi connectivity index (χ0n) is 17.6. The second kappa shape index (κ2) is 8.63. The SMILES string of the molecule is COc1cccc(C2/C(=C(\O)c3ccc(C)c(F)c3)C(=O)C(=O)N2Cc2ccncc2)c1. The molecular formula is C25H21FN2O4. The number of Topliss-reactive ketones (excluding diaryl/α,β-unsaturated/α-hetero) is 1. The Morgan fingerprint density at radius 1 is 1.12 bits per heavy atom. The van der Waals surface area contributed by atoms with Crippen molar-refractivity contribution in [2.24, 2.45) is 0 Å². The molecule has 4 rings (SSSR count). The Labute approximate surface area is 184 Å². The van der Waals surface area contributed by atoms with Crippen LogP contribution in [0, 0.1) is 12.7 Å². The highest BCUT2D eigenvalue weighted by Crippen LogP contribution is 2.41. The van der Waals surface area contributed by atoms with Crippen LogP contribution in [0.5, 0.6) is 5.75 Å². The van der Waals surface area contributed by atoms with Crippen LogP contribution in [0.2, 0.25) is 0 Å². The van der Waals surface area contributed by atoms with E-state index >= 15 is 0 Å². The Morgan fingerprint density at radius 2 is 1.88 bits per heavy atom. The maximum absolute atomic E-state index is 14.2. The second-order valence-electron chi connectivity index (χ2n) is 7.52. The number of aliphatic hydroxyl groups excluding tert-OH is 1. The predicted octanol–water partition coefficient (Wildman–Crippen LogP) is 4.16. The molecule has 7 heteroatoms. The molecule has 6 nitrogen and oxygen atoms in total. The van der Waals surface area contributed by atoms with E-state index in [0.717, 1.165) is 11.6 Å². The third-order valence-corrected chi connectivity index (χ3v) is 5.50. The van der Waals surface area contributed by atoms with Gasteiger partial charge in [-0.2, -0.15) is 0 Å². The number of methoxy groups -OCH3 is 1. The number of nitrogens with zero attached hydrogens (tertiary/aromatic N) is 2. The number of aliphatic hydroxyl groups is 1. The third-order valence-electron chi connectivity index (χ3n) is 5.50. The Balaban J connectivity index is 1.89. The number of halogens is 1. The summed E-state index contributed by atoms with van der Waals surface area (Å²) in [6, 6.07) is 13.8. The predicted molar refractivity (Wildman–Crippen MR) is 116 cm³/mol. The van der Waals surface area contributed by atoms with Crippen LogP contribution in [-0.4, -0.2) is 33.8 Å². The number of aromatic nitrogens is 1. The quantitative estimate of drug-likeness (QED) is 0.372. The number of carbonyl (C=O) groups excluding carboxylic acids is 2. The van der Waals surface area contributed by atoms with E-state index in [1.54, 1.807) is 55.7 Å². The first-order chi connectivity index (χ1) is 15.4. The molecule has 162 valence electrons. The lowest BCUT2D eigenvalue weighted by Crippen LogP contribution is -2.29. The van der Waals surface area contributed by atoms with Gasteiger partial charge in [0.05, 0.1) is 18.7 Å². The van der Waals surface area contributed by atoms with Gasteiger partial charge in [0.25, 0.3) is 11.7 Å². The van der Waals surface area contributed by atoms with Gasteiger partial charge < -0.3 is 14.7 Å². The fraction of sp³-hybridized carbons (Fsp3) is 0.160. The van der Waals surface area contributed by atoms with Gasteiger partial charge in [0.15, 0.2) is 0 Å². The van der Waals surface area contributed by atoms with Crippen LogP contribution >= 0.6 is 0 Å². The number of hydrogen-bond acceptors (Lipinski definition) is 5. The first kappa shape index (κ1) is 21.2. The minimum Gasteiger partial charge on any atom is -0.507 e. The standard InChI is InChI=1S/C25H21FN2O4/c1-15-6-7-18(13-20(15)26)23(29)21-22(17-4-3-5-19(12-17)32-2)28(25(31)24(21)30)14-16-8-10-27-11-9-16/h3-13,22,29H,14H2,1-2H3/b23-21+. The Morgan fingerprint density at radius 3 is 2.56 bits per heavy atom. The first-order valence-electron chi connectivity index (χ1n) is 9.98. The fourth-order valence-electron chi connectivity index (χ4n) is 3.78. The van der Waals surface area contributed by atoms with Gasteiger partial charge in [-0.05, 0) is 53.9 Å². The lowest BCUT2D eigenvalue weighted by Gasteiger charge is -2.25. The topological polar surface area (TPSA) is 79.7 Å². The van der Waals surface area contributed by atoms with Gasteiger partial charge in [-0.15, -0.1) is 0 Å². The molecule has 0 saturated carbocycles. The van der Waals surface area contributed by atoms with Crippen LogP contribution in [0.15, 0.2) is 72.6 Å². The van der Waals surface area contributed by atoms with Crippen molar-refractivity contribution in [1.29, 1.82) is 0 Å². The van der Waals surface area contributed by atoms with Gasteiger partial charge in [-0.3, -0.25) is 14.6 Å². The molecule has 2 heterocycles. The molecule has 1 aliphatic heterocycles. The second-order valence-corrected chi connectivity index (χ2v) is 7.52. The molecule has 1 atom stereocenters. The van der Waals surface area contributed by atoms with Crippen molar-refractivity contribution in [2.75, 3.05) is 7.11 Å². The molecular weight excluding hydrogens is 411 g/mol. The zero-order chi connectivity index (χ0) is 22.8. The van der Waals surface area contributed by atoms with E-state index in [-0.39, 0.29) is 17.7 Å². The van der Waals surface area contributed by atoms with Gasteiger partial charge in [0.1, 0.15) is 17.3 Å². The van der Waals surface area contributed by atoms with Crippen LogP contribution in [0.4, 0.5) is 4.39 Å². The first-order valence-corrected chi connectivity index (χ1v) is 9.98. The van der Waals surface area contributed by atoms with E-state index in [0.29, 0.717) is 16.9 Å². The monoisotopic (exact) mass is 432 g/mol. The molecule has 1 aromatic heterocycles. The summed E-state index contributed by atoms with van der Waals surface area (Å²) < 4.78 is 19.5. The van der Waals surface area contributed by atoms with Crippen molar-refractivity contribution >= 4 is 17.4 Å². The number of rotatable bonds is 5.